The zero-order valence-corrected chi connectivity index (χ0v) is 15.6. The Hall–Kier alpha value is -1.38. The van der Waals surface area contributed by atoms with Crippen molar-refractivity contribution in [2.75, 3.05) is 32.8 Å². The van der Waals surface area contributed by atoms with Crippen molar-refractivity contribution in [3.63, 3.8) is 0 Å². The van der Waals surface area contributed by atoms with Crippen molar-refractivity contribution in [1.82, 2.24) is 14.2 Å². The van der Waals surface area contributed by atoms with Gasteiger partial charge in [-0.25, -0.2) is 13.1 Å². The van der Waals surface area contributed by atoms with Gasteiger partial charge < -0.3 is 9.30 Å². The minimum Gasteiger partial charge on any atom is -0.379 e. The summed E-state index contributed by atoms with van der Waals surface area (Å²) in [6.45, 7) is 3.14. The van der Waals surface area contributed by atoms with Crippen LogP contribution in [0.15, 0.2) is 47.5 Å². The molecule has 0 saturated carbocycles. The number of halogens is 1. The molecule has 1 fully saturated rings. The Balaban J connectivity index is 1.79. The van der Waals surface area contributed by atoms with Gasteiger partial charge in [0.05, 0.1) is 24.2 Å². The van der Waals surface area contributed by atoms with E-state index in [0.29, 0.717) is 18.2 Å². The summed E-state index contributed by atoms with van der Waals surface area (Å²) in [7, 11) is -1.66. The Morgan fingerprint density at radius 1 is 1.24 bits per heavy atom. The average Bonchev–Trinajstić information content (AvgIpc) is 3.02. The molecule has 0 amide bonds. The lowest BCUT2D eigenvalue weighted by atomic mass is 10.1. The Kier molecular flexibility index (Phi) is 5.81. The van der Waals surface area contributed by atoms with Crippen molar-refractivity contribution < 1.29 is 13.2 Å². The van der Waals surface area contributed by atoms with E-state index in [-0.39, 0.29) is 17.5 Å². The highest BCUT2D eigenvalue weighted by atomic mass is 35.5. The molecule has 1 N–H and O–H groups in total. The molecular weight excluding hydrogens is 362 g/mol. The topological polar surface area (TPSA) is 63.6 Å². The van der Waals surface area contributed by atoms with Crippen LogP contribution in [0.2, 0.25) is 5.02 Å². The maximum Gasteiger partial charge on any atom is 0.240 e. The third-order valence-corrected chi connectivity index (χ3v) is 6.04. The second-order valence-corrected chi connectivity index (χ2v) is 8.22. The highest BCUT2D eigenvalue weighted by molar-refractivity contribution is 7.89. The number of ether oxygens (including phenoxy) is 1. The molecule has 1 saturated heterocycles. The van der Waals surface area contributed by atoms with E-state index in [9.17, 15) is 8.42 Å². The van der Waals surface area contributed by atoms with E-state index in [4.69, 9.17) is 16.3 Å². The van der Waals surface area contributed by atoms with Crippen LogP contribution in [-0.4, -0.2) is 50.7 Å². The van der Waals surface area contributed by atoms with E-state index in [0.717, 1.165) is 18.8 Å². The van der Waals surface area contributed by atoms with Crippen LogP contribution >= 0.6 is 11.6 Å². The van der Waals surface area contributed by atoms with E-state index in [1.165, 1.54) is 6.07 Å². The molecule has 1 aliphatic heterocycles. The van der Waals surface area contributed by atoms with Gasteiger partial charge in [-0.05, 0) is 30.3 Å². The summed E-state index contributed by atoms with van der Waals surface area (Å²) in [5, 5.41) is 0.398. The van der Waals surface area contributed by atoms with Crippen molar-refractivity contribution in [2.45, 2.75) is 10.9 Å². The van der Waals surface area contributed by atoms with Crippen molar-refractivity contribution in [3.05, 3.63) is 53.3 Å². The van der Waals surface area contributed by atoms with Gasteiger partial charge in [0.15, 0.2) is 0 Å². The van der Waals surface area contributed by atoms with Gasteiger partial charge in [0.2, 0.25) is 10.0 Å². The number of morpholine rings is 1. The van der Waals surface area contributed by atoms with Crippen molar-refractivity contribution in [1.29, 1.82) is 0 Å². The zero-order chi connectivity index (χ0) is 17.9. The van der Waals surface area contributed by atoms with Crippen LogP contribution in [0.25, 0.3) is 0 Å². The summed E-state index contributed by atoms with van der Waals surface area (Å²) in [5.74, 6) is 0. The van der Waals surface area contributed by atoms with Crippen molar-refractivity contribution in [2.24, 2.45) is 7.05 Å². The number of aromatic nitrogens is 1. The van der Waals surface area contributed by atoms with Gasteiger partial charge in [-0.3, -0.25) is 4.90 Å². The lowest BCUT2D eigenvalue weighted by Gasteiger charge is -2.34. The minimum atomic E-state index is -3.62. The van der Waals surface area contributed by atoms with E-state index in [2.05, 4.69) is 9.62 Å². The summed E-state index contributed by atoms with van der Waals surface area (Å²) in [6, 6.07) is 10.2. The molecule has 0 unspecified atom stereocenters. The normalized spacial score (nSPS) is 17.5. The molecule has 0 spiro atoms. The fraction of sp³-hybridized carbons (Fsp3) is 0.412. The first-order chi connectivity index (χ1) is 12.0. The number of benzene rings is 1. The Bertz CT molecular complexity index is 816. The quantitative estimate of drug-likeness (QED) is 0.829. The molecule has 1 aliphatic rings. The number of nitrogens with zero attached hydrogens (tertiary/aromatic N) is 2. The third-order valence-electron chi connectivity index (χ3n) is 4.38. The number of aryl methyl sites for hydroxylation is 1. The summed E-state index contributed by atoms with van der Waals surface area (Å²) < 4.78 is 35.4. The van der Waals surface area contributed by atoms with Gasteiger partial charge in [-0.1, -0.05) is 17.7 Å². The molecule has 136 valence electrons. The van der Waals surface area contributed by atoms with Crippen LogP contribution in [0.1, 0.15) is 11.7 Å². The van der Waals surface area contributed by atoms with Gasteiger partial charge >= 0.3 is 0 Å². The molecule has 6 nitrogen and oxygen atoms in total. The molecular formula is C17H22ClN3O3S. The summed E-state index contributed by atoms with van der Waals surface area (Å²) in [5.41, 5.74) is 1.07. The minimum absolute atomic E-state index is 0.0575. The predicted octanol–water partition coefficient (Wildman–Crippen LogP) is 2.03. The standard InChI is InChI=1S/C17H22ClN3O3S/c1-20-7-3-6-16(20)17(21-8-10-24-11-9-21)13-19-25(22,23)15-5-2-4-14(18)12-15/h2-7,12,17,19H,8-11,13H2,1H3/t17-/m1/s1. The lowest BCUT2D eigenvalue weighted by molar-refractivity contribution is 0.0158. The first-order valence-electron chi connectivity index (χ1n) is 8.15. The van der Waals surface area contributed by atoms with Gasteiger partial charge in [0.25, 0.3) is 0 Å². The van der Waals surface area contributed by atoms with Crippen molar-refractivity contribution >= 4 is 21.6 Å². The van der Waals surface area contributed by atoms with Crippen LogP contribution in [0.4, 0.5) is 0 Å². The maximum absolute atomic E-state index is 12.6. The smallest absolute Gasteiger partial charge is 0.240 e. The Morgan fingerprint density at radius 3 is 2.64 bits per heavy atom. The molecule has 2 heterocycles. The average molecular weight is 384 g/mol. The molecule has 3 rings (SSSR count). The number of sulfonamides is 1. The molecule has 1 aromatic heterocycles. The number of hydrogen-bond acceptors (Lipinski definition) is 4. The van der Waals surface area contributed by atoms with Crippen LogP contribution in [0, 0.1) is 0 Å². The first-order valence-corrected chi connectivity index (χ1v) is 10.0. The summed E-state index contributed by atoms with van der Waals surface area (Å²) in [6.07, 6.45) is 1.97. The third kappa shape index (κ3) is 4.43. The van der Waals surface area contributed by atoms with Gasteiger partial charge in [-0.15, -0.1) is 0 Å². The lowest BCUT2D eigenvalue weighted by Crippen LogP contribution is -2.44. The molecule has 2 aromatic rings. The molecule has 0 aliphatic carbocycles. The van der Waals surface area contributed by atoms with Gasteiger partial charge in [0, 0.05) is 43.6 Å². The SMILES string of the molecule is Cn1cccc1[C@@H](CNS(=O)(=O)c1cccc(Cl)c1)N1CCOCC1. The molecule has 0 bridgehead atoms. The molecule has 25 heavy (non-hydrogen) atoms. The van der Waals surface area contributed by atoms with Crippen LogP contribution in [0.3, 0.4) is 0 Å². The highest BCUT2D eigenvalue weighted by Crippen LogP contribution is 2.22. The predicted molar refractivity (Wildman–Crippen MR) is 97.2 cm³/mol. The summed E-state index contributed by atoms with van der Waals surface area (Å²) >= 11 is 5.92. The molecule has 8 heteroatoms. The van der Waals surface area contributed by atoms with E-state index in [1.54, 1.807) is 18.2 Å². The van der Waals surface area contributed by atoms with Gasteiger partial charge in [0.1, 0.15) is 0 Å². The second kappa shape index (κ2) is 7.88. The monoisotopic (exact) mass is 383 g/mol. The first kappa shape index (κ1) is 18.4. The summed E-state index contributed by atoms with van der Waals surface area (Å²) in [4.78, 5) is 2.42. The molecule has 1 aromatic carbocycles. The van der Waals surface area contributed by atoms with E-state index < -0.39 is 10.0 Å². The van der Waals surface area contributed by atoms with Crippen LogP contribution in [-0.2, 0) is 21.8 Å². The van der Waals surface area contributed by atoms with E-state index in [1.807, 2.05) is 29.9 Å². The van der Waals surface area contributed by atoms with Crippen LogP contribution < -0.4 is 4.72 Å². The second-order valence-electron chi connectivity index (χ2n) is 6.02. The van der Waals surface area contributed by atoms with E-state index >= 15 is 0 Å². The number of rotatable bonds is 6. The molecule has 0 radical (unpaired) electrons. The maximum atomic E-state index is 12.6. The largest absolute Gasteiger partial charge is 0.379 e. The Morgan fingerprint density at radius 2 is 2.00 bits per heavy atom. The fourth-order valence-electron chi connectivity index (χ4n) is 3.04. The highest BCUT2D eigenvalue weighted by Gasteiger charge is 2.26. The molecule has 1 atom stereocenters. The van der Waals surface area contributed by atoms with Crippen LogP contribution in [0.5, 0.6) is 0 Å². The van der Waals surface area contributed by atoms with Gasteiger partial charge in [-0.2, -0.15) is 0 Å². The Labute approximate surface area is 153 Å². The number of hydrogen-bond donors (Lipinski definition) is 1. The fourth-order valence-corrected chi connectivity index (χ4v) is 4.38. The van der Waals surface area contributed by atoms with Crippen molar-refractivity contribution in [3.8, 4) is 0 Å². The zero-order valence-electron chi connectivity index (χ0n) is 14.1. The number of nitrogens with one attached hydrogen (secondary N) is 1.